The monoisotopic (exact) mass is 891 g/mol. The highest BCUT2D eigenvalue weighted by atomic mass is 19.3. The molecule has 5 aliphatic rings. The van der Waals surface area contributed by atoms with Crippen molar-refractivity contribution in [1.29, 1.82) is 0 Å². The zero-order valence-corrected chi connectivity index (χ0v) is 36.0. The number of aromatic nitrogens is 4. The summed E-state index contributed by atoms with van der Waals surface area (Å²) in [5, 5.41) is 13.0. The van der Waals surface area contributed by atoms with Crippen molar-refractivity contribution >= 4 is 52.3 Å². The third-order valence-electron chi connectivity index (χ3n) is 13.7. The minimum Gasteiger partial charge on any atom is -0.495 e. The Bertz CT molecular complexity index is 2720. The van der Waals surface area contributed by atoms with E-state index in [1.165, 1.54) is 22.7 Å². The fraction of sp³-hybridized carbons (Fsp3) is 0.413. The third kappa shape index (κ3) is 7.64. The number of piperidine rings is 2. The van der Waals surface area contributed by atoms with E-state index < -0.39 is 42.0 Å². The number of benzene rings is 2. The number of carbonyl (C=O) groups excluding carboxylic acids is 4. The molecule has 1 spiro atoms. The van der Waals surface area contributed by atoms with Crippen molar-refractivity contribution in [3.8, 4) is 17.0 Å². The Labute approximate surface area is 372 Å². The number of hydrogen-bond acceptors (Lipinski definition) is 11. The second-order valence-corrected chi connectivity index (χ2v) is 17.5. The topological polar surface area (TPSA) is 170 Å². The van der Waals surface area contributed by atoms with Crippen molar-refractivity contribution in [1.82, 2.24) is 40.0 Å². The number of hydrogen-bond donors (Lipinski definition) is 3. The quantitative estimate of drug-likeness (QED) is 0.160. The summed E-state index contributed by atoms with van der Waals surface area (Å²) in [6.07, 6.45) is 3.90. The van der Waals surface area contributed by atoms with Gasteiger partial charge in [-0.2, -0.15) is 0 Å². The first-order valence-electron chi connectivity index (χ1n) is 21.9. The summed E-state index contributed by atoms with van der Waals surface area (Å²) >= 11 is 0. The molecule has 3 saturated heterocycles. The molecule has 1 aliphatic carbocycles. The number of rotatable bonds is 10. The van der Waals surface area contributed by atoms with Crippen LogP contribution in [0.2, 0.25) is 0 Å². The number of anilines is 4. The van der Waals surface area contributed by atoms with E-state index in [9.17, 15) is 23.6 Å². The predicted octanol–water partition coefficient (Wildman–Crippen LogP) is 5.59. The maximum Gasteiger partial charge on any atom is 0.328 e. The van der Waals surface area contributed by atoms with Crippen molar-refractivity contribution in [2.75, 3.05) is 68.5 Å². The number of amides is 5. The van der Waals surface area contributed by atoms with Gasteiger partial charge in [0.1, 0.15) is 11.9 Å². The second-order valence-electron chi connectivity index (χ2n) is 17.5. The van der Waals surface area contributed by atoms with Crippen LogP contribution in [-0.4, -0.2) is 125 Å². The number of alkyl halides is 3. The summed E-state index contributed by atoms with van der Waals surface area (Å²) in [5.41, 5.74) is 5.37. The molecule has 4 aliphatic heterocycles. The molecule has 1 saturated carbocycles. The van der Waals surface area contributed by atoms with Gasteiger partial charge in [-0.25, -0.2) is 27.5 Å². The number of imidazole rings is 1. The fourth-order valence-corrected chi connectivity index (χ4v) is 9.81. The molecule has 10 rings (SSSR count). The van der Waals surface area contributed by atoms with Crippen LogP contribution in [0, 0.1) is 5.41 Å². The van der Waals surface area contributed by atoms with Gasteiger partial charge in [0.2, 0.25) is 5.91 Å². The van der Waals surface area contributed by atoms with Crippen LogP contribution in [0.5, 0.6) is 5.75 Å². The molecular weight excluding hydrogens is 844 g/mol. The average molecular weight is 892 g/mol. The van der Waals surface area contributed by atoms with E-state index in [4.69, 9.17) is 14.8 Å². The minimum atomic E-state index is -2.98. The number of nitrogens with zero attached hydrogens (tertiary/aromatic N) is 8. The van der Waals surface area contributed by atoms with Gasteiger partial charge >= 0.3 is 6.03 Å². The summed E-state index contributed by atoms with van der Waals surface area (Å²) in [5.74, 6) is -3.14. The van der Waals surface area contributed by atoms with Gasteiger partial charge in [-0.05, 0) is 73.7 Å². The Morgan fingerprint density at radius 3 is 2.42 bits per heavy atom. The van der Waals surface area contributed by atoms with E-state index in [0.717, 1.165) is 28.1 Å². The Morgan fingerprint density at radius 1 is 0.923 bits per heavy atom. The van der Waals surface area contributed by atoms with Gasteiger partial charge in [0.05, 0.1) is 43.0 Å². The van der Waals surface area contributed by atoms with E-state index in [2.05, 4.69) is 25.8 Å². The van der Waals surface area contributed by atoms with Gasteiger partial charge in [0.15, 0.2) is 17.2 Å². The Morgan fingerprint density at radius 2 is 1.71 bits per heavy atom. The van der Waals surface area contributed by atoms with Crippen molar-refractivity contribution in [3.05, 3.63) is 89.4 Å². The first kappa shape index (κ1) is 42.2. The lowest BCUT2D eigenvalue weighted by molar-refractivity contribution is -0.186. The van der Waals surface area contributed by atoms with Crippen molar-refractivity contribution in [2.45, 2.75) is 63.2 Å². The first-order chi connectivity index (χ1) is 31.3. The molecule has 0 radical (unpaired) electrons. The molecule has 0 unspecified atom stereocenters. The van der Waals surface area contributed by atoms with E-state index in [1.54, 1.807) is 41.2 Å². The molecule has 338 valence electrons. The van der Waals surface area contributed by atoms with Crippen LogP contribution in [0.3, 0.4) is 0 Å². The summed E-state index contributed by atoms with van der Waals surface area (Å²) < 4.78 is 53.0. The number of carbonyl (C=O) groups is 4. The third-order valence-corrected chi connectivity index (χ3v) is 13.7. The molecule has 4 fully saturated rings. The molecule has 2 atom stereocenters. The summed E-state index contributed by atoms with van der Waals surface area (Å²) in [6, 6.07) is 15.4. The van der Waals surface area contributed by atoms with Crippen molar-refractivity contribution in [3.63, 3.8) is 0 Å². The van der Waals surface area contributed by atoms with E-state index in [0.29, 0.717) is 73.0 Å². The largest absolute Gasteiger partial charge is 0.495 e. The van der Waals surface area contributed by atoms with Crippen molar-refractivity contribution < 1.29 is 37.1 Å². The van der Waals surface area contributed by atoms with Crippen LogP contribution in [-0.2, 0) is 17.8 Å². The van der Waals surface area contributed by atoms with E-state index >= 15 is 8.78 Å². The smallest absolute Gasteiger partial charge is 0.328 e. The number of urea groups is 1. The Balaban J connectivity index is 0.783. The first-order valence-corrected chi connectivity index (χ1v) is 21.9. The van der Waals surface area contributed by atoms with Crippen LogP contribution in [0.4, 0.5) is 40.8 Å². The number of methoxy groups -OCH3 is 1. The lowest BCUT2D eigenvalue weighted by Crippen LogP contribution is -2.59. The number of pyridine rings is 1. The molecule has 3 N–H and O–H groups in total. The number of fused-ring (bicyclic) bond motifs is 2. The highest BCUT2D eigenvalue weighted by molar-refractivity contribution is 6.07. The number of halogens is 3. The fourth-order valence-electron chi connectivity index (χ4n) is 9.81. The van der Waals surface area contributed by atoms with Gasteiger partial charge in [-0.1, -0.05) is 18.2 Å². The molecule has 2 aromatic carbocycles. The molecule has 19 heteroatoms. The lowest BCUT2D eigenvalue weighted by atomic mass is 9.68. The standard InChI is InChI=1S/C46H48F3N11O5/c1-50-34-22-39(55-60-37(24-52-41(34)60)42(62)53-33-21-31(33)47)58-15-10-30-29(4-3-5-35(30)58)32-8-6-27(23-51-32)25-56-17-12-45(46(48,49)26-56)13-18-57(19-14-45)43(63)28-7-9-38(65-2)36(20-28)59-16-11-40(61)54-44(59)64/h3-9,20,22-24,31,33,50H,10-19,21,25-26H2,1-2H3,(H,53,62)(H,54,61,64)/t31-,33+/m0/s1. The maximum atomic E-state index is 16.3. The van der Waals surface area contributed by atoms with Gasteiger partial charge in [-0.15, -0.1) is 5.10 Å². The van der Waals surface area contributed by atoms with Crippen molar-refractivity contribution in [2.24, 2.45) is 5.41 Å². The molecule has 7 heterocycles. The zero-order valence-electron chi connectivity index (χ0n) is 36.0. The number of imide groups is 1. The Kier molecular flexibility index (Phi) is 10.6. The van der Waals surface area contributed by atoms with E-state index in [-0.39, 0.29) is 56.4 Å². The minimum absolute atomic E-state index is 0.106. The highest BCUT2D eigenvalue weighted by Gasteiger charge is 2.57. The summed E-state index contributed by atoms with van der Waals surface area (Å²) in [6.45, 7) is 1.52. The van der Waals surface area contributed by atoms with Gasteiger partial charge in [-0.3, -0.25) is 34.5 Å². The number of ether oxygens (including phenoxy) is 1. The van der Waals surface area contributed by atoms with Crippen LogP contribution >= 0.6 is 0 Å². The molecule has 3 aromatic heterocycles. The van der Waals surface area contributed by atoms with Crippen LogP contribution in [0.15, 0.2) is 67.0 Å². The number of likely N-dealkylation sites (tertiary alicyclic amines) is 2. The predicted molar refractivity (Wildman–Crippen MR) is 235 cm³/mol. The number of nitrogens with one attached hydrogen (secondary N) is 3. The molecule has 16 nitrogen and oxygen atoms in total. The SMILES string of the molecule is CNc1cc(N2CCc3c(-c4ccc(CN5CCC6(CCN(C(=O)c7ccc(OC)c(N8CCC(=O)NC8=O)c7)CC6)C(F)(F)C5)cn4)cccc32)nn2c(C(=O)N[C@@H]3C[C@@H]3F)cnc12. The van der Waals surface area contributed by atoms with Crippen LogP contribution < -0.4 is 30.5 Å². The van der Waals surface area contributed by atoms with Gasteiger partial charge in [0, 0.05) is 87.1 Å². The zero-order chi connectivity index (χ0) is 45.2. The molecular formula is C46H48F3N11O5. The van der Waals surface area contributed by atoms with Crippen LogP contribution in [0.1, 0.15) is 64.1 Å². The maximum absolute atomic E-state index is 16.3. The molecule has 65 heavy (non-hydrogen) atoms. The normalized spacial score (nSPS) is 21.3. The summed E-state index contributed by atoms with van der Waals surface area (Å²) in [7, 11) is 3.22. The summed E-state index contributed by atoms with van der Waals surface area (Å²) in [4.78, 5) is 67.1. The lowest BCUT2D eigenvalue weighted by Gasteiger charge is -2.51. The molecule has 5 aromatic rings. The van der Waals surface area contributed by atoms with E-state index in [1.807, 2.05) is 36.4 Å². The van der Waals surface area contributed by atoms with Gasteiger partial charge in [0.25, 0.3) is 17.7 Å². The van der Waals surface area contributed by atoms with Gasteiger partial charge < -0.3 is 25.2 Å². The average Bonchev–Trinajstić information content (AvgIpc) is 3.62. The molecule has 0 bridgehead atoms. The molecule has 5 amide bonds. The second kappa shape index (κ2) is 16.3. The highest BCUT2D eigenvalue weighted by Crippen LogP contribution is 2.51. The van der Waals surface area contributed by atoms with Crippen LogP contribution in [0.25, 0.3) is 16.9 Å². The Hall–Kier alpha value is -6.76.